The molecule has 1 aromatic carbocycles. The Kier molecular flexibility index (Phi) is 8.22. The van der Waals surface area contributed by atoms with Crippen molar-refractivity contribution < 1.29 is 4.74 Å². The van der Waals surface area contributed by atoms with Crippen molar-refractivity contribution in [1.29, 1.82) is 0 Å². The molecule has 0 saturated carbocycles. The third-order valence-electron chi connectivity index (χ3n) is 3.78. The maximum absolute atomic E-state index is 5.61. The van der Waals surface area contributed by atoms with Gasteiger partial charge in [-0.05, 0) is 57.9 Å². The highest BCUT2D eigenvalue weighted by atomic mass is 79.9. The summed E-state index contributed by atoms with van der Waals surface area (Å²) in [4.78, 5) is 4.59. The second-order valence-corrected chi connectivity index (χ2v) is 6.17. The van der Waals surface area contributed by atoms with Crippen molar-refractivity contribution in [2.24, 2.45) is 5.73 Å². The summed E-state index contributed by atoms with van der Waals surface area (Å²) in [6.45, 7) is 7.08. The van der Waals surface area contributed by atoms with Crippen molar-refractivity contribution in [3.05, 3.63) is 35.5 Å². The van der Waals surface area contributed by atoms with Crippen LogP contribution in [0.15, 0.2) is 30.0 Å². The number of aromatic nitrogens is 1. The summed E-state index contributed by atoms with van der Waals surface area (Å²) in [5.74, 6) is 0.836. The van der Waals surface area contributed by atoms with Gasteiger partial charge < -0.3 is 15.8 Å². The van der Waals surface area contributed by atoms with Crippen LogP contribution in [0.1, 0.15) is 39.2 Å². The first-order chi connectivity index (χ1) is 11.0. The lowest BCUT2D eigenvalue weighted by molar-refractivity contribution is 0.415. The molecule has 0 aliphatic heterocycles. The van der Waals surface area contributed by atoms with Crippen LogP contribution in [0.4, 0.5) is 5.69 Å². The number of allylic oxidation sites excluding steroid dienone is 1. The normalized spacial score (nSPS) is 11.5. The van der Waals surface area contributed by atoms with Gasteiger partial charge in [0, 0.05) is 23.7 Å². The number of hydrogen-bond acceptors (Lipinski definition) is 4. The highest BCUT2D eigenvalue weighted by Gasteiger charge is 2.11. The Labute approximate surface area is 155 Å². The highest BCUT2D eigenvalue weighted by molar-refractivity contribution is 8.93. The average Bonchev–Trinajstić information content (AvgIpc) is 2.52. The van der Waals surface area contributed by atoms with Crippen molar-refractivity contribution in [2.75, 3.05) is 19.0 Å². The van der Waals surface area contributed by atoms with Crippen LogP contribution >= 0.6 is 17.0 Å². The smallest absolute Gasteiger partial charge is 0.121 e. The van der Waals surface area contributed by atoms with E-state index in [0.717, 1.165) is 40.7 Å². The third-order valence-corrected chi connectivity index (χ3v) is 3.78. The van der Waals surface area contributed by atoms with Crippen LogP contribution < -0.4 is 15.8 Å². The number of ether oxygens (including phenoxy) is 1. The maximum Gasteiger partial charge on any atom is 0.121 e. The molecule has 1 atom stereocenters. The van der Waals surface area contributed by atoms with Gasteiger partial charge in [-0.1, -0.05) is 11.6 Å². The second kappa shape index (κ2) is 9.64. The van der Waals surface area contributed by atoms with Crippen molar-refractivity contribution in [3.8, 4) is 5.75 Å². The second-order valence-electron chi connectivity index (χ2n) is 6.17. The summed E-state index contributed by atoms with van der Waals surface area (Å²) in [5, 5.41) is 4.65. The van der Waals surface area contributed by atoms with E-state index in [1.807, 2.05) is 24.4 Å². The SMILES string of the molecule is Br.COc1cc(NC(C)CCCN)c2nccc(C=C(C)C)c2c1. The zero-order valence-electron chi connectivity index (χ0n) is 14.9. The summed E-state index contributed by atoms with van der Waals surface area (Å²) in [7, 11) is 1.69. The van der Waals surface area contributed by atoms with Crippen LogP contribution in [0.3, 0.4) is 0 Å². The Morgan fingerprint density at radius 2 is 2.12 bits per heavy atom. The molecule has 3 N–H and O–H groups in total. The molecule has 24 heavy (non-hydrogen) atoms. The molecule has 0 fully saturated rings. The zero-order chi connectivity index (χ0) is 16.8. The van der Waals surface area contributed by atoms with Crippen LogP contribution in [0.25, 0.3) is 17.0 Å². The molecule has 0 spiro atoms. The Morgan fingerprint density at radius 1 is 1.38 bits per heavy atom. The summed E-state index contributed by atoms with van der Waals surface area (Å²) >= 11 is 0. The predicted molar refractivity (Wildman–Crippen MR) is 109 cm³/mol. The molecule has 2 aromatic rings. The van der Waals surface area contributed by atoms with E-state index in [9.17, 15) is 0 Å². The number of anilines is 1. The zero-order valence-corrected chi connectivity index (χ0v) is 16.6. The van der Waals surface area contributed by atoms with Crippen LogP contribution in [-0.2, 0) is 0 Å². The first-order valence-electron chi connectivity index (χ1n) is 8.13. The fourth-order valence-corrected chi connectivity index (χ4v) is 2.68. The number of nitrogens with two attached hydrogens (primary N) is 1. The summed E-state index contributed by atoms with van der Waals surface area (Å²) in [5.41, 5.74) is 10.0. The third kappa shape index (κ3) is 5.21. The monoisotopic (exact) mass is 393 g/mol. The lowest BCUT2D eigenvalue weighted by Gasteiger charge is -2.18. The van der Waals surface area contributed by atoms with Crippen LogP contribution in [0.5, 0.6) is 5.75 Å². The van der Waals surface area contributed by atoms with Crippen molar-refractivity contribution in [2.45, 2.75) is 39.7 Å². The standard InChI is InChI=1S/C19H27N3O.BrH/c1-13(2)10-15-7-9-21-19-17(15)11-16(23-4)12-18(19)22-14(3)6-5-8-20;/h7,9-12,14,22H,5-6,8,20H2,1-4H3;1H. The van der Waals surface area contributed by atoms with Gasteiger partial charge >= 0.3 is 0 Å². The van der Waals surface area contributed by atoms with Gasteiger partial charge in [-0.2, -0.15) is 0 Å². The molecule has 2 rings (SSSR count). The molecule has 0 bridgehead atoms. The van der Waals surface area contributed by atoms with E-state index in [-0.39, 0.29) is 17.0 Å². The number of fused-ring (bicyclic) bond motifs is 1. The summed E-state index contributed by atoms with van der Waals surface area (Å²) < 4.78 is 5.48. The van der Waals surface area contributed by atoms with Crippen LogP contribution in [0.2, 0.25) is 0 Å². The number of nitrogens with zero attached hydrogens (tertiary/aromatic N) is 1. The topological polar surface area (TPSA) is 60.2 Å². The van der Waals surface area contributed by atoms with E-state index in [1.165, 1.54) is 5.57 Å². The Bertz CT molecular complexity index is 696. The Balaban J connectivity index is 0.00000288. The molecule has 0 aliphatic rings. The van der Waals surface area contributed by atoms with Gasteiger partial charge in [-0.15, -0.1) is 17.0 Å². The van der Waals surface area contributed by atoms with Gasteiger partial charge in [0.15, 0.2) is 0 Å². The molecule has 0 aliphatic carbocycles. The minimum Gasteiger partial charge on any atom is -0.497 e. The van der Waals surface area contributed by atoms with E-state index >= 15 is 0 Å². The molecular weight excluding hydrogens is 366 g/mol. The van der Waals surface area contributed by atoms with Gasteiger partial charge in [0.2, 0.25) is 0 Å². The fraction of sp³-hybridized carbons (Fsp3) is 0.421. The molecule has 4 nitrogen and oxygen atoms in total. The van der Waals surface area contributed by atoms with Crippen molar-refractivity contribution >= 4 is 39.6 Å². The van der Waals surface area contributed by atoms with Crippen molar-refractivity contribution in [1.82, 2.24) is 4.98 Å². The number of hydrogen-bond donors (Lipinski definition) is 2. The fourth-order valence-electron chi connectivity index (χ4n) is 2.68. The number of rotatable bonds is 7. The average molecular weight is 394 g/mol. The van der Waals surface area contributed by atoms with E-state index in [2.05, 4.69) is 37.1 Å². The molecule has 5 heteroatoms. The van der Waals surface area contributed by atoms with Crippen molar-refractivity contribution in [3.63, 3.8) is 0 Å². The van der Waals surface area contributed by atoms with Gasteiger partial charge in [0.25, 0.3) is 0 Å². The molecule has 0 saturated heterocycles. The largest absolute Gasteiger partial charge is 0.497 e. The quantitative estimate of drug-likeness (QED) is 0.709. The Hall–Kier alpha value is -1.59. The first-order valence-corrected chi connectivity index (χ1v) is 8.13. The minimum atomic E-state index is 0. The molecular formula is C19H28BrN3O. The Morgan fingerprint density at radius 3 is 2.75 bits per heavy atom. The predicted octanol–water partition coefficient (Wildman–Crippen LogP) is 4.78. The minimum absolute atomic E-state index is 0. The van der Waals surface area contributed by atoms with E-state index in [4.69, 9.17) is 10.5 Å². The summed E-state index contributed by atoms with van der Waals surface area (Å²) in [6, 6.07) is 6.44. The van der Waals surface area contributed by atoms with Gasteiger partial charge in [-0.25, -0.2) is 0 Å². The van der Waals surface area contributed by atoms with Gasteiger partial charge in [0.05, 0.1) is 18.3 Å². The number of nitrogens with one attached hydrogen (secondary N) is 1. The first kappa shape index (κ1) is 20.5. The van der Waals surface area contributed by atoms with E-state index in [1.54, 1.807) is 7.11 Å². The number of methoxy groups -OCH3 is 1. The van der Waals surface area contributed by atoms with E-state index < -0.39 is 0 Å². The van der Waals surface area contributed by atoms with E-state index in [0.29, 0.717) is 12.6 Å². The maximum atomic E-state index is 5.61. The molecule has 1 aromatic heterocycles. The molecule has 1 heterocycles. The number of pyridine rings is 1. The lowest BCUT2D eigenvalue weighted by atomic mass is 10.0. The molecule has 0 radical (unpaired) electrons. The lowest BCUT2D eigenvalue weighted by Crippen LogP contribution is -2.17. The number of halogens is 1. The van der Waals surface area contributed by atoms with Crippen LogP contribution in [-0.4, -0.2) is 24.7 Å². The number of benzene rings is 1. The summed E-state index contributed by atoms with van der Waals surface area (Å²) in [6.07, 6.45) is 6.07. The van der Waals surface area contributed by atoms with Gasteiger partial charge in [0.1, 0.15) is 5.75 Å². The molecule has 1 unspecified atom stereocenters. The van der Waals surface area contributed by atoms with Crippen LogP contribution in [0, 0.1) is 0 Å². The highest BCUT2D eigenvalue weighted by Crippen LogP contribution is 2.31. The molecule has 132 valence electrons. The molecule has 0 amide bonds. The van der Waals surface area contributed by atoms with Gasteiger partial charge in [-0.3, -0.25) is 4.98 Å².